The molecule has 0 aromatic carbocycles. The van der Waals surface area contributed by atoms with Crippen molar-refractivity contribution in [2.75, 3.05) is 0 Å². The van der Waals surface area contributed by atoms with Crippen molar-refractivity contribution in [2.24, 2.45) is 0 Å². The zero-order valence-corrected chi connectivity index (χ0v) is 9.26. The molecule has 9 heteroatoms. The molecule has 0 fully saturated rings. The second kappa shape index (κ2) is 3.97. The number of rotatable bonds is 2. The summed E-state index contributed by atoms with van der Waals surface area (Å²) in [5.74, 6) is -9.76. The molecule has 0 saturated carbocycles. The van der Waals surface area contributed by atoms with Crippen LogP contribution in [0.1, 0.15) is 0 Å². The number of hydrogen-bond acceptors (Lipinski definition) is 0. The smallest absolute Gasteiger partial charge is 0.197 e. The lowest BCUT2D eigenvalue weighted by atomic mass is 10.2. The average Bonchev–Trinajstić information content (AvgIpc) is 1.84. The molecule has 0 nitrogen and oxygen atoms in total. The fourth-order valence-electron chi connectivity index (χ4n) is 0.326. The highest BCUT2D eigenvalue weighted by molar-refractivity contribution is 6.68. The zero-order valence-electron chi connectivity index (χ0n) is 5.48. The third kappa shape index (κ3) is 2.59. The van der Waals surface area contributed by atoms with Crippen LogP contribution in [-0.2, 0) is 0 Å². The third-order valence-electron chi connectivity index (χ3n) is 1.05. The van der Waals surface area contributed by atoms with Crippen molar-refractivity contribution >= 4 is 58.0 Å². The maximum absolute atomic E-state index is 12.6. The van der Waals surface area contributed by atoms with Crippen LogP contribution in [0.2, 0.25) is 0 Å². The van der Waals surface area contributed by atoms with Gasteiger partial charge in [-0.25, -0.2) is 0 Å². The van der Waals surface area contributed by atoms with E-state index in [1.54, 1.807) is 0 Å². The van der Waals surface area contributed by atoms with E-state index in [0.29, 0.717) is 0 Å². The van der Waals surface area contributed by atoms with Gasteiger partial charge in [-0.3, -0.25) is 0 Å². The van der Waals surface area contributed by atoms with Gasteiger partial charge in [0.15, 0.2) is 4.84 Å². The molecule has 0 saturated heterocycles. The van der Waals surface area contributed by atoms with Gasteiger partial charge in [0, 0.05) is 0 Å². The first-order valence-corrected chi connectivity index (χ1v) is 4.55. The second-order valence-electron chi connectivity index (χ2n) is 2.00. The summed E-state index contributed by atoms with van der Waals surface area (Å²) >= 11 is 23.1. The summed E-state index contributed by atoms with van der Waals surface area (Å²) in [6.07, 6.45) is 0. The topological polar surface area (TPSA) is 0 Å². The summed E-state index contributed by atoms with van der Waals surface area (Å²) in [7, 11) is 0. The van der Waals surface area contributed by atoms with E-state index in [1.807, 2.05) is 0 Å². The molecule has 0 radical (unpaired) electrons. The van der Waals surface area contributed by atoms with Gasteiger partial charge in [0.05, 0.1) is 0 Å². The Balaban J connectivity index is 5.04. The van der Waals surface area contributed by atoms with Crippen LogP contribution in [0.4, 0.5) is 17.6 Å². The molecule has 0 bridgehead atoms. The zero-order chi connectivity index (χ0) is 11.1. The molecule has 0 atom stereocenters. The molecule has 0 rings (SSSR count). The van der Waals surface area contributed by atoms with E-state index < -0.39 is 20.5 Å². The highest BCUT2D eigenvalue weighted by Crippen LogP contribution is 2.53. The van der Waals surface area contributed by atoms with Gasteiger partial charge in [0.1, 0.15) is 0 Å². The Hall–Kier alpha value is 1.17. The highest BCUT2D eigenvalue weighted by atomic mass is 35.6. The van der Waals surface area contributed by atoms with Gasteiger partial charge in [0.2, 0.25) is 0 Å². The summed E-state index contributed by atoms with van der Waals surface area (Å²) in [6, 6.07) is 0. The van der Waals surface area contributed by atoms with E-state index in [2.05, 4.69) is 58.0 Å². The fraction of sp³-hybridized carbons (Fsp3) is 1.00. The molecule has 0 N–H and O–H groups in total. The minimum Gasteiger partial charge on any atom is -0.197 e. The van der Waals surface area contributed by atoms with Crippen molar-refractivity contribution in [3.8, 4) is 0 Å². The largest absolute Gasteiger partial charge is 0.358 e. The SMILES string of the molecule is FC(F)(C(Cl)Cl)C(F)(F)C(Cl)(Cl)Cl. The molecule has 0 unspecified atom stereocenters. The Kier molecular flexibility index (Phi) is 4.33. The molecular formula is C4HCl5F4. The van der Waals surface area contributed by atoms with E-state index >= 15 is 0 Å². The molecule has 0 aliphatic carbocycles. The minimum atomic E-state index is -4.95. The predicted molar refractivity (Wildman–Crippen MR) is 45.7 cm³/mol. The van der Waals surface area contributed by atoms with Crippen LogP contribution in [0.5, 0.6) is 0 Å². The van der Waals surface area contributed by atoms with Crippen LogP contribution in [0, 0.1) is 0 Å². The van der Waals surface area contributed by atoms with Gasteiger partial charge < -0.3 is 0 Å². The quantitative estimate of drug-likeness (QED) is 0.523. The molecule has 13 heavy (non-hydrogen) atoms. The van der Waals surface area contributed by atoms with Crippen molar-refractivity contribution in [1.29, 1.82) is 0 Å². The van der Waals surface area contributed by atoms with Crippen molar-refractivity contribution in [2.45, 2.75) is 20.5 Å². The predicted octanol–water partition coefficient (Wildman–Crippen LogP) is 4.43. The van der Waals surface area contributed by atoms with Crippen LogP contribution >= 0.6 is 58.0 Å². The lowest BCUT2D eigenvalue weighted by molar-refractivity contribution is -0.197. The van der Waals surface area contributed by atoms with Gasteiger partial charge in [0.25, 0.3) is 3.79 Å². The summed E-state index contributed by atoms with van der Waals surface area (Å²) in [5.41, 5.74) is 0. The molecule has 0 spiro atoms. The van der Waals surface area contributed by atoms with Crippen molar-refractivity contribution in [1.82, 2.24) is 0 Å². The fourth-order valence-corrected chi connectivity index (χ4v) is 0.978. The Morgan fingerprint density at radius 3 is 1.23 bits per heavy atom. The summed E-state index contributed by atoms with van der Waals surface area (Å²) < 4.78 is 46.9. The molecule has 0 aliphatic heterocycles. The lowest BCUT2D eigenvalue weighted by Crippen LogP contribution is -2.53. The normalized spacial score (nSPS) is 15.2. The van der Waals surface area contributed by atoms with Crippen LogP contribution in [0.25, 0.3) is 0 Å². The minimum absolute atomic E-state index is 2.67. The van der Waals surface area contributed by atoms with Gasteiger partial charge in [-0.15, -0.1) is 0 Å². The highest BCUT2D eigenvalue weighted by Gasteiger charge is 2.70. The van der Waals surface area contributed by atoms with E-state index in [9.17, 15) is 17.6 Å². The summed E-state index contributed by atoms with van der Waals surface area (Å²) in [5, 5.41) is 0. The molecule has 80 valence electrons. The Bertz CT molecular complexity index is 185. The maximum atomic E-state index is 12.6. The van der Waals surface area contributed by atoms with Gasteiger partial charge in [-0.2, -0.15) is 17.6 Å². The molecule has 0 heterocycles. The van der Waals surface area contributed by atoms with Crippen LogP contribution in [0.15, 0.2) is 0 Å². The Morgan fingerprint density at radius 1 is 0.846 bits per heavy atom. The van der Waals surface area contributed by atoms with Crippen molar-refractivity contribution in [3.05, 3.63) is 0 Å². The standard InChI is InChI=1S/C4HCl5F4/c5-1(6)2(10,11)3(12,13)4(7,8)9/h1H. The lowest BCUT2D eigenvalue weighted by Gasteiger charge is -2.31. The van der Waals surface area contributed by atoms with Gasteiger partial charge in [-0.05, 0) is 0 Å². The number of hydrogen-bond donors (Lipinski definition) is 0. The monoisotopic (exact) mass is 300 g/mol. The van der Waals surface area contributed by atoms with E-state index in [4.69, 9.17) is 0 Å². The van der Waals surface area contributed by atoms with Gasteiger partial charge in [-0.1, -0.05) is 58.0 Å². The summed E-state index contributed by atoms with van der Waals surface area (Å²) in [4.78, 5) is -2.67. The number of alkyl halides is 9. The molecular weight excluding hydrogens is 301 g/mol. The number of halogens is 9. The van der Waals surface area contributed by atoms with Gasteiger partial charge >= 0.3 is 11.8 Å². The van der Waals surface area contributed by atoms with Crippen LogP contribution in [-0.4, -0.2) is 20.5 Å². The first kappa shape index (κ1) is 14.2. The Labute approximate surface area is 96.0 Å². The van der Waals surface area contributed by atoms with Crippen LogP contribution in [0.3, 0.4) is 0 Å². The first-order chi connectivity index (χ1) is 5.44. The van der Waals surface area contributed by atoms with Crippen LogP contribution < -0.4 is 0 Å². The molecule has 0 aromatic heterocycles. The van der Waals surface area contributed by atoms with Crippen molar-refractivity contribution < 1.29 is 17.6 Å². The Morgan fingerprint density at radius 2 is 1.15 bits per heavy atom. The van der Waals surface area contributed by atoms with E-state index in [-0.39, 0.29) is 0 Å². The second-order valence-corrected chi connectivity index (χ2v) is 5.37. The molecule has 0 aliphatic rings. The average molecular weight is 302 g/mol. The first-order valence-electron chi connectivity index (χ1n) is 2.55. The van der Waals surface area contributed by atoms with E-state index in [1.165, 1.54) is 0 Å². The van der Waals surface area contributed by atoms with E-state index in [0.717, 1.165) is 0 Å². The maximum Gasteiger partial charge on any atom is 0.358 e. The molecule has 0 amide bonds. The third-order valence-corrected chi connectivity index (χ3v) is 2.31. The summed E-state index contributed by atoms with van der Waals surface area (Å²) in [6.45, 7) is 0. The molecule has 0 aromatic rings. The van der Waals surface area contributed by atoms with Crippen molar-refractivity contribution in [3.63, 3.8) is 0 Å².